The molecule has 1 aliphatic carbocycles. The molecule has 0 aromatic rings. The second-order valence-corrected chi connectivity index (χ2v) is 5.97. The Kier molecular flexibility index (Phi) is 6.69. The maximum Gasteiger partial charge on any atom is 0.222 e. The molecule has 1 rings (SSSR count). The van der Waals surface area contributed by atoms with Gasteiger partial charge >= 0.3 is 0 Å². The zero-order chi connectivity index (χ0) is 13.5. The molecule has 1 unspecified atom stereocenters. The molecule has 106 valence electrons. The summed E-state index contributed by atoms with van der Waals surface area (Å²) in [7, 11) is 1.95. The highest BCUT2D eigenvalue weighted by Crippen LogP contribution is 2.30. The van der Waals surface area contributed by atoms with Crippen molar-refractivity contribution in [1.82, 2.24) is 4.90 Å². The molecule has 0 aliphatic heterocycles. The van der Waals surface area contributed by atoms with E-state index in [2.05, 4.69) is 13.8 Å². The van der Waals surface area contributed by atoms with Gasteiger partial charge in [-0.2, -0.15) is 0 Å². The fourth-order valence-electron chi connectivity index (χ4n) is 2.92. The monoisotopic (exact) mass is 254 g/mol. The number of carbonyl (C=O) groups is 1. The van der Waals surface area contributed by atoms with Crippen LogP contribution in [-0.4, -0.2) is 30.4 Å². The zero-order valence-corrected chi connectivity index (χ0v) is 12.3. The fourth-order valence-corrected chi connectivity index (χ4v) is 2.92. The summed E-state index contributed by atoms with van der Waals surface area (Å²) in [5, 5.41) is 0. The summed E-state index contributed by atoms with van der Waals surface area (Å²) in [4.78, 5) is 14.1. The summed E-state index contributed by atoms with van der Waals surface area (Å²) < 4.78 is 0. The van der Waals surface area contributed by atoms with E-state index in [0.29, 0.717) is 23.8 Å². The van der Waals surface area contributed by atoms with E-state index >= 15 is 0 Å². The molecule has 1 aliphatic rings. The first kappa shape index (κ1) is 15.5. The van der Waals surface area contributed by atoms with E-state index in [1.807, 2.05) is 11.9 Å². The number of hydrogen-bond acceptors (Lipinski definition) is 2. The Hall–Kier alpha value is -0.570. The normalized spacial score (nSPS) is 25.8. The van der Waals surface area contributed by atoms with Crippen LogP contribution >= 0.6 is 0 Å². The third-order valence-corrected chi connectivity index (χ3v) is 4.52. The van der Waals surface area contributed by atoms with Crippen molar-refractivity contribution in [2.75, 3.05) is 13.6 Å². The number of rotatable bonds is 6. The lowest BCUT2D eigenvalue weighted by atomic mass is 9.80. The van der Waals surface area contributed by atoms with Crippen molar-refractivity contribution in [3.05, 3.63) is 0 Å². The molecular formula is C15H30N2O. The molecular weight excluding hydrogens is 224 g/mol. The third kappa shape index (κ3) is 4.60. The summed E-state index contributed by atoms with van der Waals surface area (Å²) >= 11 is 0. The number of nitrogens with zero attached hydrogens (tertiary/aromatic N) is 1. The molecule has 1 saturated carbocycles. The molecule has 0 aromatic carbocycles. The van der Waals surface area contributed by atoms with Gasteiger partial charge in [-0.25, -0.2) is 0 Å². The lowest BCUT2D eigenvalue weighted by Crippen LogP contribution is -2.36. The van der Waals surface area contributed by atoms with Crippen molar-refractivity contribution in [3.8, 4) is 0 Å². The van der Waals surface area contributed by atoms with Crippen LogP contribution in [0.4, 0.5) is 0 Å². The van der Waals surface area contributed by atoms with E-state index in [4.69, 9.17) is 5.73 Å². The van der Waals surface area contributed by atoms with Crippen LogP contribution < -0.4 is 5.73 Å². The number of nitrogens with two attached hydrogens (primary N) is 1. The predicted molar refractivity (Wildman–Crippen MR) is 76.3 cm³/mol. The zero-order valence-electron chi connectivity index (χ0n) is 12.3. The quantitative estimate of drug-likeness (QED) is 0.792. The molecule has 2 N–H and O–H groups in total. The van der Waals surface area contributed by atoms with Gasteiger partial charge in [0.05, 0.1) is 0 Å². The van der Waals surface area contributed by atoms with Crippen molar-refractivity contribution in [2.45, 2.75) is 64.8 Å². The first-order valence-electron chi connectivity index (χ1n) is 7.54. The largest absolute Gasteiger partial charge is 0.343 e. The summed E-state index contributed by atoms with van der Waals surface area (Å²) in [6.07, 6.45) is 7.77. The Morgan fingerprint density at radius 2 is 1.83 bits per heavy atom. The molecule has 0 aromatic heterocycles. The first-order chi connectivity index (χ1) is 8.58. The molecule has 1 amide bonds. The lowest BCUT2D eigenvalue weighted by Gasteiger charge is -2.30. The second-order valence-electron chi connectivity index (χ2n) is 5.97. The highest BCUT2D eigenvalue weighted by atomic mass is 16.2. The Bertz CT molecular complexity index is 247. The van der Waals surface area contributed by atoms with Crippen LogP contribution in [0.1, 0.15) is 58.8 Å². The topological polar surface area (TPSA) is 46.3 Å². The van der Waals surface area contributed by atoms with Crippen molar-refractivity contribution < 1.29 is 4.79 Å². The molecule has 0 bridgehead atoms. The second kappa shape index (κ2) is 7.78. The van der Waals surface area contributed by atoms with Gasteiger partial charge in [0.25, 0.3) is 0 Å². The third-order valence-electron chi connectivity index (χ3n) is 4.52. The van der Waals surface area contributed by atoms with Gasteiger partial charge in [0.1, 0.15) is 0 Å². The molecule has 3 heteroatoms. The molecule has 0 radical (unpaired) electrons. The number of hydrogen-bond donors (Lipinski definition) is 1. The highest BCUT2D eigenvalue weighted by Gasteiger charge is 2.24. The van der Waals surface area contributed by atoms with Crippen molar-refractivity contribution >= 4 is 5.91 Å². The molecule has 0 heterocycles. The maximum absolute atomic E-state index is 12.2. The lowest BCUT2D eigenvalue weighted by molar-refractivity contribution is -0.133. The minimum atomic E-state index is 0.326. The van der Waals surface area contributed by atoms with Crippen LogP contribution in [-0.2, 0) is 4.79 Å². The van der Waals surface area contributed by atoms with Gasteiger partial charge in [-0.15, -0.1) is 0 Å². The molecule has 0 saturated heterocycles. The average Bonchev–Trinajstić information content (AvgIpc) is 2.39. The first-order valence-corrected chi connectivity index (χ1v) is 7.54. The van der Waals surface area contributed by atoms with Crippen molar-refractivity contribution in [3.63, 3.8) is 0 Å². The molecule has 1 atom stereocenters. The Labute approximate surface area is 112 Å². The molecule has 0 spiro atoms. The summed E-state index contributed by atoms with van der Waals surface area (Å²) in [6.45, 7) is 5.13. The molecule has 3 nitrogen and oxygen atoms in total. The van der Waals surface area contributed by atoms with Crippen molar-refractivity contribution in [2.24, 2.45) is 17.6 Å². The van der Waals surface area contributed by atoms with Gasteiger partial charge in [-0.05, 0) is 57.4 Å². The standard InChI is InChI=1S/C15H30N2O/c1-4-5-12(2)17(3)15(18)10-13-6-8-14(11-16)9-7-13/h12-14H,4-11,16H2,1-3H3. The fraction of sp³-hybridized carbons (Fsp3) is 0.933. The van der Waals surface area contributed by atoms with E-state index in [0.717, 1.165) is 25.8 Å². The minimum absolute atomic E-state index is 0.326. The highest BCUT2D eigenvalue weighted by molar-refractivity contribution is 5.76. The van der Waals surface area contributed by atoms with E-state index in [1.165, 1.54) is 25.7 Å². The summed E-state index contributed by atoms with van der Waals surface area (Å²) in [5.74, 6) is 1.62. The van der Waals surface area contributed by atoms with Gasteiger partial charge in [0.2, 0.25) is 5.91 Å². The predicted octanol–water partition coefficient (Wildman–Crippen LogP) is 2.79. The Morgan fingerprint density at radius 3 is 2.33 bits per heavy atom. The van der Waals surface area contributed by atoms with Gasteiger partial charge in [-0.3, -0.25) is 4.79 Å². The van der Waals surface area contributed by atoms with Crippen LogP contribution in [0.5, 0.6) is 0 Å². The van der Waals surface area contributed by atoms with Crippen molar-refractivity contribution in [1.29, 1.82) is 0 Å². The summed E-state index contributed by atoms with van der Waals surface area (Å²) in [5.41, 5.74) is 5.70. The van der Waals surface area contributed by atoms with Gasteiger partial charge in [0.15, 0.2) is 0 Å². The minimum Gasteiger partial charge on any atom is -0.343 e. The van der Waals surface area contributed by atoms with Gasteiger partial charge in [0, 0.05) is 19.5 Å². The average molecular weight is 254 g/mol. The smallest absolute Gasteiger partial charge is 0.222 e. The van der Waals surface area contributed by atoms with E-state index in [1.54, 1.807) is 0 Å². The summed E-state index contributed by atoms with van der Waals surface area (Å²) in [6, 6.07) is 0.378. The van der Waals surface area contributed by atoms with Crippen LogP contribution in [0.3, 0.4) is 0 Å². The Morgan fingerprint density at radius 1 is 1.28 bits per heavy atom. The molecule has 18 heavy (non-hydrogen) atoms. The van der Waals surface area contributed by atoms with Crippen LogP contribution in [0.15, 0.2) is 0 Å². The Balaban J connectivity index is 2.32. The maximum atomic E-state index is 12.2. The number of amides is 1. The van der Waals surface area contributed by atoms with Gasteiger partial charge in [-0.1, -0.05) is 13.3 Å². The SMILES string of the molecule is CCCC(C)N(C)C(=O)CC1CCC(CN)CC1. The van der Waals surface area contributed by atoms with Crippen LogP contribution in [0.25, 0.3) is 0 Å². The number of carbonyl (C=O) groups excluding carboxylic acids is 1. The molecule has 1 fully saturated rings. The van der Waals surface area contributed by atoms with E-state index < -0.39 is 0 Å². The van der Waals surface area contributed by atoms with Gasteiger partial charge < -0.3 is 10.6 Å². The van der Waals surface area contributed by atoms with Crippen LogP contribution in [0.2, 0.25) is 0 Å². The van der Waals surface area contributed by atoms with Crippen LogP contribution in [0, 0.1) is 11.8 Å². The van der Waals surface area contributed by atoms with E-state index in [-0.39, 0.29) is 0 Å². The van der Waals surface area contributed by atoms with E-state index in [9.17, 15) is 4.79 Å².